The van der Waals surface area contributed by atoms with Crippen molar-refractivity contribution in [2.24, 2.45) is 7.05 Å². The summed E-state index contributed by atoms with van der Waals surface area (Å²) < 4.78 is 7.07. The zero-order valence-electron chi connectivity index (χ0n) is 10.2. The van der Waals surface area contributed by atoms with Crippen LogP contribution in [0.5, 0.6) is 5.75 Å². The van der Waals surface area contributed by atoms with Gasteiger partial charge in [-0.05, 0) is 12.1 Å². The smallest absolute Gasteiger partial charge is 0.229 e. The van der Waals surface area contributed by atoms with Crippen LogP contribution in [0.2, 0.25) is 0 Å². The second-order valence-electron chi connectivity index (χ2n) is 3.83. The molecule has 0 atom stereocenters. The first-order valence-electron chi connectivity index (χ1n) is 5.71. The number of benzene rings is 1. The third-order valence-electron chi connectivity index (χ3n) is 2.32. The summed E-state index contributed by atoms with van der Waals surface area (Å²) in [6, 6.07) is 11.2. The molecule has 1 N–H and O–H groups in total. The quantitative estimate of drug-likeness (QED) is 0.874. The number of para-hydroxylation sites is 1. The Morgan fingerprint density at radius 1 is 1.33 bits per heavy atom. The monoisotopic (exact) mass is 245 g/mol. The molecule has 0 saturated heterocycles. The van der Waals surface area contributed by atoms with Gasteiger partial charge >= 0.3 is 0 Å². The van der Waals surface area contributed by atoms with Crippen molar-refractivity contribution in [1.29, 1.82) is 0 Å². The van der Waals surface area contributed by atoms with Crippen molar-refractivity contribution in [3.8, 4) is 5.75 Å². The van der Waals surface area contributed by atoms with Crippen molar-refractivity contribution in [2.45, 2.75) is 6.42 Å². The number of anilines is 1. The average molecular weight is 245 g/mol. The van der Waals surface area contributed by atoms with E-state index in [0.29, 0.717) is 18.8 Å². The molecule has 0 radical (unpaired) electrons. The van der Waals surface area contributed by atoms with Gasteiger partial charge in [-0.3, -0.25) is 9.48 Å². The van der Waals surface area contributed by atoms with Gasteiger partial charge in [-0.15, -0.1) is 0 Å². The number of nitrogens with one attached hydrogen (secondary N) is 1. The van der Waals surface area contributed by atoms with Gasteiger partial charge in [0.1, 0.15) is 5.75 Å². The molecule has 0 aliphatic carbocycles. The summed E-state index contributed by atoms with van der Waals surface area (Å²) in [4.78, 5) is 11.6. The molecule has 1 aromatic heterocycles. The minimum absolute atomic E-state index is 0.107. The molecule has 5 nitrogen and oxygen atoms in total. The van der Waals surface area contributed by atoms with Crippen LogP contribution >= 0.6 is 0 Å². The molecule has 2 rings (SSSR count). The molecule has 1 amide bonds. The third-order valence-corrected chi connectivity index (χ3v) is 2.32. The molecule has 2 aromatic rings. The average Bonchev–Trinajstić information content (AvgIpc) is 2.76. The predicted molar refractivity (Wildman–Crippen MR) is 68.4 cm³/mol. The first-order chi connectivity index (χ1) is 8.74. The standard InChI is InChI=1S/C13H15N3O2/c1-16-9-7-12(15-16)14-13(17)8-10-18-11-5-3-2-4-6-11/h2-7,9H,8,10H2,1H3,(H,14,15,17). The van der Waals surface area contributed by atoms with Gasteiger partial charge < -0.3 is 10.1 Å². The minimum atomic E-state index is -0.107. The van der Waals surface area contributed by atoms with E-state index in [1.54, 1.807) is 24.0 Å². The molecule has 5 heteroatoms. The Kier molecular flexibility index (Phi) is 3.96. The summed E-state index contributed by atoms with van der Waals surface area (Å²) in [7, 11) is 1.80. The van der Waals surface area contributed by atoms with E-state index >= 15 is 0 Å². The number of aromatic nitrogens is 2. The van der Waals surface area contributed by atoms with Crippen molar-refractivity contribution in [1.82, 2.24) is 9.78 Å². The van der Waals surface area contributed by atoms with Crippen LogP contribution in [0.3, 0.4) is 0 Å². The van der Waals surface area contributed by atoms with E-state index in [-0.39, 0.29) is 5.91 Å². The topological polar surface area (TPSA) is 56.2 Å². The fraction of sp³-hybridized carbons (Fsp3) is 0.231. The molecule has 0 fully saturated rings. The van der Waals surface area contributed by atoms with E-state index in [0.717, 1.165) is 5.75 Å². The van der Waals surface area contributed by atoms with Crippen LogP contribution < -0.4 is 10.1 Å². The van der Waals surface area contributed by atoms with Crippen molar-refractivity contribution >= 4 is 11.7 Å². The van der Waals surface area contributed by atoms with Gasteiger partial charge in [-0.2, -0.15) is 5.10 Å². The van der Waals surface area contributed by atoms with Crippen molar-refractivity contribution in [3.63, 3.8) is 0 Å². The van der Waals surface area contributed by atoms with Gasteiger partial charge in [0.25, 0.3) is 0 Å². The van der Waals surface area contributed by atoms with Gasteiger partial charge in [0.05, 0.1) is 13.0 Å². The highest BCUT2D eigenvalue weighted by atomic mass is 16.5. The van der Waals surface area contributed by atoms with E-state index < -0.39 is 0 Å². The van der Waals surface area contributed by atoms with Crippen molar-refractivity contribution < 1.29 is 9.53 Å². The van der Waals surface area contributed by atoms with Crippen LogP contribution in [0.4, 0.5) is 5.82 Å². The lowest BCUT2D eigenvalue weighted by Gasteiger charge is -2.05. The molecule has 0 aliphatic rings. The number of hydrogen-bond acceptors (Lipinski definition) is 3. The maximum Gasteiger partial charge on any atom is 0.229 e. The Morgan fingerprint density at radius 2 is 2.11 bits per heavy atom. The van der Waals surface area contributed by atoms with Gasteiger partial charge in [0.15, 0.2) is 5.82 Å². The van der Waals surface area contributed by atoms with Crippen LogP contribution in [-0.2, 0) is 11.8 Å². The maximum absolute atomic E-state index is 11.6. The lowest BCUT2D eigenvalue weighted by Crippen LogP contribution is -2.15. The Morgan fingerprint density at radius 3 is 2.78 bits per heavy atom. The number of ether oxygens (including phenoxy) is 1. The number of rotatable bonds is 5. The first-order valence-corrected chi connectivity index (χ1v) is 5.71. The van der Waals surface area contributed by atoms with Crippen LogP contribution in [0.1, 0.15) is 6.42 Å². The summed E-state index contributed by atoms with van der Waals surface area (Å²) in [6.07, 6.45) is 2.07. The summed E-state index contributed by atoms with van der Waals surface area (Å²) in [5, 5.41) is 6.76. The SMILES string of the molecule is Cn1ccc(NC(=O)CCOc2ccccc2)n1. The molecule has 94 valence electrons. The summed E-state index contributed by atoms with van der Waals surface area (Å²) in [6.45, 7) is 0.350. The number of amides is 1. The highest BCUT2D eigenvalue weighted by Gasteiger charge is 2.04. The highest BCUT2D eigenvalue weighted by molar-refractivity contribution is 5.89. The first kappa shape index (κ1) is 12.2. The molecule has 18 heavy (non-hydrogen) atoms. The van der Waals surface area contributed by atoms with E-state index in [1.165, 1.54) is 0 Å². The van der Waals surface area contributed by atoms with E-state index in [4.69, 9.17) is 4.74 Å². The largest absolute Gasteiger partial charge is 0.493 e. The van der Waals surface area contributed by atoms with Crippen LogP contribution in [-0.4, -0.2) is 22.3 Å². The third kappa shape index (κ3) is 3.62. The Balaban J connectivity index is 1.72. The molecule has 0 aliphatic heterocycles. The van der Waals surface area contributed by atoms with Crippen LogP contribution in [0.25, 0.3) is 0 Å². The normalized spacial score (nSPS) is 10.1. The maximum atomic E-state index is 11.6. The minimum Gasteiger partial charge on any atom is -0.493 e. The van der Waals surface area contributed by atoms with Gasteiger partial charge in [0.2, 0.25) is 5.91 Å². The summed E-state index contributed by atoms with van der Waals surface area (Å²) in [5.74, 6) is 1.22. The summed E-state index contributed by atoms with van der Waals surface area (Å²) >= 11 is 0. The zero-order chi connectivity index (χ0) is 12.8. The molecular formula is C13H15N3O2. The Bertz CT molecular complexity index is 508. The molecule has 1 heterocycles. The highest BCUT2D eigenvalue weighted by Crippen LogP contribution is 2.08. The number of aryl methyl sites for hydroxylation is 1. The van der Waals surface area contributed by atoms with Crippen molar-refractivity contribution in [3.05, 3.63) is 42.6 Å². The molecule has 0 unspecified atom stereocenters. The zero-order valence-corrected chi connectivity index (χ0v) is 10.2. The second-order valence-corrected chi connectivity index (χ2v) is 3.83. The van der Waals surface area contributed by atoms with Gasteiger partial charge in [0, 0.05) is 19.3 Å². The number of carbonyl (C=O) groups is 1. The van der Waals surface area contributed by atoms with E-state index in [2.05, 4.69) is 10.4 Å². The summed E-state index contributed by atoms with van der Waals surface area (Å²) in [5.41, 5.74) is 0. The molecule has 0 saturated carbocycles. The fourth-order valence-electron chi connectivity index (χ4n) is 1.47. The fourth-order valence-corrected chi connectivity index (χ4v) is 1.47. The Labute approximate surface area is 105 Å². The van der Waals surface area contributed by atoms with Crippen molar-refractivity contribution in [2.75, 3.05) is 11.9 Å². The molecular weight excluding hydrogens is 230 g/mol. The predicted octanol–water partition coefficient (Wildman–Crippen LogP) is 1.83. The van der Waals surface area contributed by atoms with E-state index in [9.17, 15) is 4.79 Å². The van der Waals surface area contributed by atoms with Gasteiger partial charge in [-0.1, -0.05) is 18.2 Å². The number of nitrogens with zero attached hydrogens (tertiary/aromatic N) is 2. The van der Waals surface area contributed by atoms with Crippen LogP contribution in [0, 0.1) is 0 Å². The molecule has 0 bridgehead atoms. The lowest BCUT2D eigenvalue weighted by atomic mass is 10.3. The van der Waals surface area contributed by atoms with Gasteiger partial charge in [-0.25, -0.2) is 0 Å². The number of carbonyl (C=O) groups excluding carboxylic acids is 1. The molecule has 1 aromatic carbocycles. The van der Waals surface area contributed by atoms with E-state index in [1.807, 2.05) is 30.3 Å². The lowest BCUT2D eigenvalue weighted by molar-refractivity contribution is -0.116. The second kappa shape index (κ2) is 5.86. The molecule has 0 spiro atoms. The number of hydrogen-bond donors (Lipinski definition) is 1. The Hall–Kier alpha value is -2.30. The van der Waals surface area contributed by atoms with Crippen LogP contribution in [0.15, 0.2) is 42.6 Å².